The maximum atomic E-state index is 12.2. The Morgan fingerprint density at radius 2 is 2.04 bits per heavy atom. The number of hydrogen-bond acceptors (Lipinski definition) is 5. The number of carbonyl (C=O) groups is 1. The van der Waals surface area contributed by atoms with Crippen molar-refractivity contribution in [3.05, 3.63) is 11.9 Å². The van der Waals surface area contributed by atoms with Gasteiger partial charge in [0.2, 0.25) is 0 Å². The van der Waals surface area contributed by atoms with Crippen LogP contribution >= 0.6 is 0 Å². The van der Waals surface area contributed by atoms with E-state index in [0.717, 1.165) is 51.4 Å². The summed E-state index contributed by atoms with van der Waals surface area (Å²) in [4.78, 5) is 14.7. The van der Waals surface area contributed by atoms with E-state index in [-0.39, 0.29) is 5.91 Å². The van der Waals surface area contributed by atoms with E-state index in [2.05, 4.69) is 32.8 Å². The highest BCUT2D eigenvalue weighted by Gasteiger charge is 2.20. The highest BCUT2D eigenvalue weighted by molar-refractivity contribution is 5.91. The molecule has 2 aliphatic heterocycles. The van der Waals surface area contributed by atoms with Gasteiger partial charge in [-0.25, -0.2) is 4.68 Å². The average Bonchev–Trinajstić information content (AvgIpc) is 3.13. The molecule has 3 heterocycles. The average molecular weight is 334 g/mol. The Labute approximate surface area is 144 Å². The van der Waals surface area contributed by atoms with Crippen LogP contribution in [-0.2, 0) is 0 Å². The number of piperidine rings is 2. The third kappa shape index (κ3) is 4.54. The van der Waals surface area contributed by atoms with Crippen molar-refractivity contribution in [2.75, 3.05) is 39.3 Å². The van der Waals surface area contributed by atoms with Crippen LogP contribution < -0.4 is 10.6 Å². The summed E-state index contributed by atoms with van der Waals surface area (Å²) < 4.78 is 1.86. The highest BCUT2D eigenvalue weighted by Crippen LogP contribution is 2.20. The van der Waals surface area contributed by atoms with E-state index in [1.165, 1.54) is 25.9 Å². The van der Waals surface area contributed by atoms with Gasteiger partial charge in [0.05, 0.1) is 12.2 Å². The van der Waals surface area contributed by atoms with E-state index in [4.69, 9.17) is 0 Å². The second-order valence-corrected chi connectivity index (χ2v) is 6.99. The highest BCUT2D eigenvalue weighted by atomic mass is 16.2. The zero-order valence-corrected chi connectivity index (χ0v) is 14.7. The van der Waals surface area contributed by atoms with E-state index >= 15 is 0 Å². The molecule has 0 aromatic carbocycles. The van der Waals surface area contributed by atoms with Gasteiger partial charge in [-0.3, -0.25) is 4.79 Å². The molecule has 0 unspecified atom stereocenters. The molecule has 1 amide bonds. The molecule has 1 aromatic heterocycles. The monoisotopic (exact) mass is 334 g/mol. The van der Waals surface area contributed by atoms with Crippen molar-refractivity contribution in [1.29, 1.82) is 0 Å². The molecule has 2 fully saturated rings. The Kier molecular flexibility index (Phi) is 6.20. The van der Waals surface area contributed by atoms with E-state index in [9.17, 15) is 4.79 Å². The number of amides is 1. The van der Waals surface area contributed by atoms with Gasteiger partial charge >= 0.3 is 0 Å². The lowest BCUT2D eigenvalue weighted by Crippen LogP contribution is -2.35. The van der Waals surface area contributed by atoms with Crippen LogP contribution in [0.15, 0.2) is 6.20 Å². The molecular weight excluding hydrogens is 304 g/mol. The summed E-state index contributed by atoms with van der Waals surface area (Å²) in [6, 6.07) is 0.365. The molecule has 7 heteroatoms. The van der Waals surface area contributed by atoms with Crippen LogP contribution in [0.3, 0.4) is 0 Å². The zero-order valence-electron chi connectivity index (χ0n) is 14.7. The van der Waals surface area contributed by atoms with E-state index in [1.807, 2.05) is 4.68 Å². The molecule has 0 aliphatic carbocycles. The van der Waals surface area contributed by atoms with Crippen LogP contribution in [0, 0.1) is 5.92 Å². The van der Waals surface area contributed by atoms with Crippen molar-refractivity contribution in [2.45, 2.75) is 45.1 Å². The van der Waals surface area contributed by atoms with Crippen molar-refractivity contribution in [3.8, 4) is 0 Å². The van der Waals surface area contributed by atoms with Gasteiger partial charge in [-0.05, 0) is 70.7 Å². The number of hydrogen-bond donors (Lipinski definition) is 2. The maximum absolute atomic E-state index is 12.2. The fourth-order valence-corrected chi connectivity index (χ4v) is 3.70. The van der Waals surface area contributed by atoms with Gasteiger partial charge in [0, 0.05) is 6.54 Å². The molecule has 0 radical (unpaired) electrons. The molecule has 2 N–H and O–H groups in total. The van der Waals surface area contributed by atoms with Gasteiger partial charge in [0.15, 0.2) is 5.69 Å². The summed E-state index contributed by atoms with van der Waals surface area (Å²) >= 11 is 0. The first-order chi connectivity index (χ1) is 11.8. The Morgan fingerprint density at radius 1 is 1.29 bits per heavy atom. The number of aromatic nitrogens is 3. The Balaban J connectivity index is 1.40. The van der Waals surface area contributed by atoms with E-state index < -0.39 is 0 Å². The standard InChI is InChI=1S/C17H30N6O/c1-2-22-11-6-14(7-12-22)3-10-19-17(24)16-13-23(21-20-16)15-4-8-18-9-5-15/h13-15,18H,2-12H2,1H3,(H,19,24). The van der Waals surface area contributed by atoms with Gasteiger partial charge in [0.1, 0.15) is 0 Å². The second-order valence-electron chi connectivity index (χ2n) is 6.99. The lowest BCUT2D eigenvalue weighted by atomic mass is 9.93. The fraction of sp³-hybridized carbons (Fsp3) is 0.824. The molecule has 0 bridgehead atoms. The molecule has 0 saturated carbocycles. The summed E-state index contributed by atoms with van der Waals surface area (Å²) in [7, 11) is 0. The maximum Gasteiger partial charge on any atom is 0.273 e. The van der Waals surface area contributed by atoms with Crippen LogP contribution in [-0.4, -0.2) is 65.1 Å². The van der Waals surface area contributed by atoms with Crippen molar-refractivity contribution < 1.29 is 4.79 Å². The first-order valence-corrected chi connectivity index (χ1v) is 9.39. The molecule has 1 aromatic rings. The lowest BCUT2D eigenvalue weighted by molar-refractivity contribution is 0.0943. The zero-order chi connectivity index (χ0) is 16.8. The number of likely N-dealkylation sites (tertiary alicyclic amines) is 1. The largest absolute Gasteiger partial charge is 0.351 e. The van der Waals surface area contributed by atoms with Gasteiger partial charge < -0.3 is 15.5 Å². The summed E-state index contributed by atoms with van der Waals surface area (Å²) in [6.45, 7) is 8.49. The van der Waals surface area contributed by atoms with Crippen LogP contribution in [0.4, 0.5) is 0 Å². The third-order valence-electron chi connectivity index (χ3n) is 5.42. The summed E-state index contributed by atoms with van der Waals surface area (Å²) in [5.41, 5.74) is 0.439. The van der Waals surface area contributed by atoms with E-state index in [0.29, 0.717) is 11.7 Å². The molecule has 134 valence electrons. The first kappa shape index (κ1) is 17.4. The summed E-state index contributed by atoms with van der Waals surface area (Å²) in [6.07, 6.45) is 7.43. The SMILES string of the molecule is CCN1CCC(CCNC(=O)c2cn(C3CCNCC3)nn2)CC1. The molecule has 0 atom stereocenters. The molecule has 24 heavy (non-hydrogen) atoms. The molecule has 3 rings (SSSR count). The van der Waals surface area contributed by atoms with Gasteiger partial charge in [0.25, 0.3) is 5.91 Å². The molecule has 7 nitrogen and oxygen atoms in total. The van der Waals surface area contributed by atoms with Crippen LogP contribution in [0.2, 0.25) is 0 Å². The van der Waals surface area contributed by atoms with Crippen molar-refractivity contribution in [3.63, 3.8) is 0 Å². The quantitative estimate of drug-likeness (QED) is 0.813. The Hall–Kier alpha value is -1.47. The van der Waals surface area contributed by atoms with Gasteiger partial charge in [-0.1, -0.05) is 12.1 Å². The van der Waals surface area contributed by atoms with Gasteiger partial charge in [-0.2, -0.15) is 0 Å². The number of nitrogens with one attached hydrogen (secondary N) is 2. The topological polar surface area (TPSA) is 75.1 Å². The molecule has 2 aliphatic rings. The smallest absolute Gasteiger partial charge is 0.273 e. The minimum Gasteiger partial charge on any atom is -0.351 e. The lowest BCUT2D eigenvalue weighted by Gasteiger charge is -2.30. The van der Waals surface area contributed by atoms with Crippen LogP contribution in [0.1, 0.15) is 55.6 Å². The normalized spacial score (nSPS) is 21.0. The minimum absolute atomic E-state index is 0.0961. The van der Waals surface area contributed by atoms with E-state index in [1.54, 1.807) is 6.20 Å². The molecule has 0 spiro atoms. The van der Waals surface area contributed by atoms with Crippen molar-refractivity contribution in [1.82, 2.24) is 30.5 Å². The predicted molar refractivity (Wildman–Crippen MR) is 93.0 cm³/mol. The minimum atomic E-state index is -0.0961. The van der Waals surface area contributed by atoms with Crippen molar-refractivity contribution in [2.24, 2.45) is 5.92 Å². The second kappa shape index (κ2) is 8.58. The number of nitrogens with zero attached hydrogens (tertiary/aromatic N) is 4. The van der Waals surface area contributed by atoms with Crippen LogP contribution in [0.5, 0.6) is 0 Å². The molecular formula is C17H30N6O. The molecule has 2 saturated heterocycles. The summed E-state index contributed by atoms with van der Waals surface area (Å²) in [5.74, 6) is 0.639. The van der Waals surface area contributed by atoms with Crippen LogP contribution in [0.25, 0.3) is 0 Å². The number of rotatable bonds is 6. The third-order valence-corrected chi connectivity index (χ3v) is 5.42. The Bertz CT molecular complexity index is 517. The fourth-order valence-electron chi connectivity index (χ4n) is 3.70. The van der Waals surface area contributed by atoms with Crippen molar-refractivity contribution >= 4 is 5.91 Å². The predicted octanol–water partition coefficient (Wildman–Crippen LogP) is 1.05. The summed E-state index contributed by atoms with van der Waals surface area (Å²) in [5, 5.41) is 14.5. The van der Waals surface area contributed by atoms with Gasteiger partial charge in [-0.15, -0.1) is 5.10 Å². The Morgan fingerprint density at radius 3 is 2.75 bits per heavy atom. The number of carbonyl (C=O) groups excluding carboxylic acids is 1. The first-order valence-electron chi connectivity index (χ1n) is 9.39.